The first-order valence-electron chi connectivity index (χ1n) is 5.88. The number of primary amides is 1. The quantitative estimate of drug-likeness (QED) is 0.680. The summed E-state index contributed by atoms with van der Waals surface area (Å²) in [6, 6.07) is 0.167. The molecule has 0 aromatic carbocycles. The van der Waals surface area contributed by atoms with Gasteiger partial charge in [0.25, 0.3) is 0 Å². The monoisotopic (exact) mass is 214 g/mol. The van der Waals surface area contributed by atoms with E-state index in [-0.39, 0.29) is 11.9 Å². The highest BCUT2D eigenvalue weighted by atomic mass is 16.1. The van der Waals surface area contributed by atoms with Gasteiger partial charge in [0.1, 0.15) is 0 Å². The van der Waals surface area contributed by atoms with E-state index < -0.39 is 0 Å². The van der Waals surface area contributed by atoms with Crippen LogP contribution in [0.2, 0.25) is 0 Å². The second kappa shape index (κ2) is 6.83. The molecular formula is C12H26N2O. The number of rotatable bonds is 7. The molecule has 15 heavy (non-hydrogen) atoms. The molecule has 0 saturated carbocycles. The van der Waals surface area contributed by atoms with Crippen molar-refractivity contribution in [2.75, 3.05) is 0 Å². The molecule has 1 atom stereocenters. The summed E-state index contributed by atoms with van der Waals surface area (Å²) in [4.78, 5) is 11.0. The highest BCUT2D eigenvalue weighted by Gasteiger charge is 2.17. The summed E-state index contributed by atoms with van der Waals surface area (Å²) < 4.78 is 0. The van der Waals surface area contributed by atoms with Crippen molar-refractivity contribution in [1.29, 1.82) is 0 Å². The van der Waals surface area contributed by atoms with E-state index in [2.05, 4.69) is 33.0 Å². The van der Waals surface area contributed by atoms with Crippen LogP contribution in [0.25, 0.3) is 0 Å². The van der Waals surface area contributed by atoms with Crippen molar-refractivity contribution in [3.8, 4) is 0 Å². The van der Waals surface area contributed by atoms with E-state index in [0.29, 0.717) is 17.9 Å². The summed E-state index contributed by atoms with van der Waals surface area (Å²) in [5.74, 6) is 1.01. The van der Waals surface area contributed by atoms with Gasteiger partial charge in [0.15, 0.2) is 0 Å². The van der Waals surface area contributed by atoms with Crippen LogP contribution in [-0.2, 0) is 4.79 Å². The van der Waals surface area contributed by atoms with Crippen molar-refractivity contribution in [2.45, 2.75) is 59.5 Å². The van der Waals surface area contributed by atoms with Gasteiger partial charge in [-0.05, 0) is 31.6 Å². The molecule has 3 heteroatoms. The molecule has 0 aliphatic rings. The molecular weight excluding hydrogens is 188 g/mol. The van der Waals surface area contributed by atoms with Crippen LogP contribution in [0.3, 0.4) is 0 Å². The minimum atomic E-state index is -0.271. The molecule has 90 valence electrons. The van der Waals surface area contributed by atoms with Gasteiger partial charge in [-0.2, -0.15) is 0 Å². The average Bonchev–Trinajstić information content (AvgIpc) is 2.00. The van der Waals surface area contributed by atoms with E-state index in [1.165, 1.54) is 0 Å². The second-order valence-corrected chi connectivity index (χ2v) is 5.25. The van der Waals surface area contributed by atoms with Crippen LogP contribution in [0.5, 0.6) is 0 Å². The number of carbonyl (C=O) groups excluding carboxylic acids is 1. The van der Waals surface area contributed by atoms with Gasteiger partial charge in [0.05, 0.1) is 6.04 Å². The molecule has 0 aliphatic carbocycles. The first-order valence-corrected chi connectivity index (χ1v) is 5.88. The third-order valence-electron chi connectivity index (χ3n) is 2.42. The minimum absolute atomic E-state index is 0.229. The fraction of sp³-hybridized carbons (Fsp3) is 0.917. The molecule has 1 amide bonds. The summed E-state index contributed by atoms with van der Waals surface area (Å²) in [5, 5.41) is 3.30. The summed E-state index contributed by atoms with van der Waals surface area (Å²) in [5.41, 5.74) is 5.24. The van der Waals surface area contributed by atoms with Crippen molar-refractivity contribution >= 4 is 5.91 Å². The van der Waals surface area contributed by atoms with Crippen LogP contribution in [-0.4, -0.2) is 18.0 Å². The maximum atomic E-state index is 11.0. The first kappa shape index (κ1) is 14.4. The summed E-state index contributed by atoms with van der Waals surface area (Å²) in [6.45, 7) is 10.6. The summed E-state index contributed by atoms with van der Waals surface area (Å²) >= 11 is 0. The van der Waals surface area contributed by atoms with Crippen molar-refractivity contribution in [1.82, 2.24) is 5.32 Å². The molecule has 0 aromatic rings. The van der Waals surface area contributed by atoms with Crippen LogP contribution < -0.4 is 11.1 Å². The van der Waals surface area contributed by atoms with Gasteiger partial charge < -0.3 is 11.1 Å². The zero-order valence-electron chi connectivity index (χ0n) is 10.7. The molecule has 0 spiro atoms. The Morgan fingerprint density at radius 1 is 1.07 bits per heavy atom. The Labute approximate surface area is 93.8 Å². The molecule has 0 rings (SSSR count). The van der Waals surface area contributed by atoms with Gasteiger partial charge in [-0.3, -0.25) is 4.79 Å². The van der Waals surface area contributed by atoms with Gasteiger partial charge in [-0.1, -0.05) is 27.7 Å². The predicted molar refractivity (Wildman–Crippen MR) is 64.5 cm³/mol. The third-order valence-corrected chi connectivity index (χ3v) is 2.42. The fourth-order valence-corrected chi connectivity index (χ4v) is 1.81. The molecule has 0 saturated heterocycles. The van der Waals surface area contributed by atoms with Crippen LogP contribution >= 0.6 is 0 Å². The van der Waals surface area contributed by atoms with Crippen LogP contribution in [0, 0.1) is 11.8 Å². The SMILES string of the molecule is CC(C)CC(CC(C)C)NC(C)C(N)=O. The molecule has 3 N–H and O–H groups in total. The van der Waals surface area contributed by atoms with Crippen LogP contribution in [0.4, 0.5) is 0 Å². The van der Waals surface area contributed by atoms with E-state index in [4.69, 9.17) is 5.73 Å². The van der Waals surface area contributed by atoms with E-state index in [1.807, 2.05) is 6.92 Å². The van der Waals surface area contributed by atoms with Gasteiger partial charge in [-0.15, -0.1) is 0 Å². The zero-order chi connectivity index (χ0) is 12.0. The fourth-order valence-electron chi connectivity index (χ4n) is 1.81. The molecule has 1 unspecified atom stereocenters. The highest BCUT2D eigenvalue weighted by molar-refractivity contribution is 5.79. The largest absolute Gasteiger partial charge is 0.368 e. The lowest BCUT2D eigenvalue weighted by molar-refractivity contribution is -0.119. The lowest BCUT2D eigenvalue weighted by atomic mass is 9.95. The second-order valence-electron chi connectivity index (χ2n) is 5.25. The Balaban J connectivity index is 4.17. The molecule has 0 aliphatic heterocycles. The summed E-state index contributed by atoms with van der Waals surface area (Å²) in [7, 11) is 0. The van der Waals surface area contributed by atoms with E-state index in [1.54, 1.807) is 0 Å². The van der Waals surface area contributed by atoms with Crippen LogP contribution in [0.1, 0.15) is 47.5 Å². The lowest BCUT2D eigenvalue weighted by Gasteiger charge is -2.24. The standard InChI is InChI=1S/C12H26N2O/c1-8(2)6-11(7-9(3)4)14-10(5)12(13)15/h8-11,14H,6-7H2,1-5H3,(H2,13,15). The third kappa shape index (κ3) is 7.37. The Kier molecular flexibility index (Phi) is 6.57. The van der Waals surface area contributed by atoms with Gasteiger partial charge in [0.2, 0.25) is 5.91 Å². The van der Waals surface area contributed by atoms with Gasteiger partial charge in [-0.25, -0.2) is 0 Å². The Hall–Kier alpha value is -0.570. The molecule has 0 aromatic heterocycles. The average molecular weight is 214 g/mol. The van der Waals surface area contributed by atoms with Crippen molar-refractivity contribution in [3.63, 3.8) is 0 Å². The van der Waals surface area contributed by atoms with E-state index in [0.717, 1.165) is 12.8 Å². The first-order chi connectivity index (χ1) is 6.82. The smallest absolute Gasteiger partial charge is 0.234 e. The Bertz CT molecular complexity index is 180. The molecule has 0 radical (unpaired) electrons. The number of nitrogens with two attached hydrogens (primary N) is 1. The maximum Gasteiger partial charge on any atom is 0.234 e. The number of amides is 1. The van der Waals surface area contributed by atoms with E-state index >= 15 is 0 Å². The van der Waals surface area contributed by atoms with E-state index in [9.17, 15) is 4.79 Å². The topological polar surface area (TPSA) is 55.1 Å². The molecule has 0 heterocycles. The number of nitrogens with one attached hydrogen (secondary N) is 1. The van der Waals surface area contributed by atoms with Gasteiger partial charge >= 0.3 is 0 Å². The lowest BCUT2D eigenvalue weighted by Crippen LogP contribution is -2.45. The van der Waals surface area contributed by atoms with Crippen LogP contribution in [0.15, 0.2) is 0 Å². The maximum absolute atomic E-state index is 11.0. The predicted octanol–water partition coefficient (Wildman–Crippen LogP) is 1.91. The van der Waals surface area contributed by atoms with Crippen molar-refractivity contribution in [2.24, 2.45) is 17.6 Å². The number of hydrogen-bond acceptors (Lipinski definition) is 2. The Morgan fingerprint density at radius 2 is 1.47 bits per heavy atom. The van der Waals surface area contributed by atoms with Crippen molar-refractivity contribution < 1.29 is 4.79 Å². The van der Waals surface area contributed by atoms with Crippen molar-refractivity contribution in [3.05, 3.63) is 0 Å². The number of carbonyl (C=O) groups is 1. The highest BCUT2D eigenvalue weighted by Crippen LogP contribution is 2.13. The Morgan fingerprint density at radius 3 is 1.73 bits per heavy atom. The minimum Gasteiger partial charge on any atom is -0.368 e. The normalized spacial score (nSPS) is 13.9. The molecule has 0 fully saturated rings. The zero-order valence-corrected chi connectivity index (χ0v) is 10.7. The summed E-state index contributed by atoms with van der Waals surface area (Å²) in [6.07, 6.45) is 2.19. The van der Waals surface area contributed by atoms with Gasteiger partial charge in [0, 0.05) is 6.04 Å². The molecule has 3 nitrogen and oxygen atoms in total. The number of hydrogen-bond donors (Lipinski definition) is 2. The molecule has 0 bridgehead atoms.